The Kier molecular flexibility index (Phi) is 5.47. The summed E-state index contributed by atoms with van der Waals surface area (Å²) in [5, 5.41) is 19.9. The van der Waals surface area contributed by atoms with Gasteiger partial charge in [-0.1, -0.05) is 6.07 Å². The van der Waals surface area contributed by atoms with Gasteiger partial charge in [0.1, 0.15) is 5.75 Å². The van der Waals surface area contributed by atoms with E-state index in [1.165, 1.54) is 18.2 Å². The summed E-state index contributed by atoms with van der Waals surface area (Å²) in [6.45, 7) is -3.57. The van der Waals surface area contributed by atoms with Crippen molar-refractivity contribution in [1.29, 1.82) is 0 Å². The molecule has 0 aliphatic rings. The number of hydrogen-bond donors (Lipinski definition) is 3. The highest BCUT2D eigenvalue weighted by molar-refractivity contribution is 5.94. The maximum Gasteiger partial charge on any atom is 0.387 e. The van der Waals surface area contributed by atoms with Crippen LogP contribution in [0.3, 0.4) is 0 Å². The Balaban J connectivity index is 2.62. The number of hydrogen-bond acceptors (Lipinski definition) is 4. The second-order valence-corrected chi connectivity index (χ2v) is 3.45. The van der Waals surface area contributed by atoms with Gasteiger partial charge in [0.05, 0.1) is 12.7 Å². The molecule has 0 saturated carbocycles. The van der Waals surface area contributed by atoms with Crippen LogP contribution in [0.1, 0.15) is 10.4 Å². The van der Waals surface area contributed by atoms with Gasteiger partial charge in [-0.25, -0.2) is 0 Å². The van der Waals surface area contributed by atoms with Gasteiger partial charge in [0.2, 0.25) is 0 Å². The number of nitrogens with one attached hydrogen (secondary N) is 1. The number of carbonyl (C=O) groups is 1. The van der Waals surface area contributed by atoms with Crippen LogP contribution in [0.2, 0.25) is 0 Å². The minimum Gasteiger partial charge on any atom is -0.435 e. The molecule has 100 valence electrons. The first-order valence-corrected chi connectivity index (χ1v) is 5.15. The fourth-order valence-electron chi connectivity index (χ4n) is 1.19. The highest BCUT2D eigenvalue weighted by Gasteiger charge is 2.10. The molecule has 0 fully saturated rings. The summed E-state index contributed by atoms with van der Waals surface area (Å²) in [6.07, 6.45) is -1.06. The van der Waals surface area contributed by atoms with Crippen molar-refractivity contribution in [2.24, 2.45) is 0 Å². The van der Waals surface area contributed by atoms with Crippen LogP contribution in [0.25, 0.3) is 0 Å². The summed E-state index contributed by atoms with van der Waals surface area (Å²) >= 11 is 0. The molecule has 0 saturated heterocycles. The number of aliphatic hydroxyl groups is 2. The standard InChI is InChI=1S/C11H13F2NO4/c12-11(13)18-9-3-1-2-7(4-9)10(17)14-5-8(16)6-15/h1-4,8,11,15-16H,5-6H2,(H,14,17). The van der Waals surface area contributed by atoms with Crippen molar-refractivity contribution in [2.45, 2.75) is 12.7 Å². The third kappa shape index (κ3) is 4.64. The highest BCUT2D eigenvalue weighted by atomic mass is 19.3. The first-order valence-electron chi connectivity index (χ1n) is 5.15. The minimum absolute atomic E-state index is 0.123. The number of amides is 1. The second-order valence-electron chi connectivity index (χ2n) is 3.45. The maximum atomic E-state index is 12.0. The van der Waals surface area contributed by atoms with E-state index in [1.54, 1.807) is 0 Å². The van der Waals surface area contributed by atoms with Crippen LogP contribution >= 0.6 is 0 Å². The zero-order valence-electron chi connectivity index (χ0n) is 9.35. The van der Waals surface area contributed by atoms with Crippen molar-refractivity contribution in [3.05, 3.63) is 29.8 Å². The molecule has 7 heteroatoms. The topological polar surface area (TPSA) is 78.8 Å². The van der Waals surface area contributed by atoms with E-state index in [0.717, 1.165) is 6.07 Å². The van der Waals surface area contributed by atoms with Crippen molar-refractivity contribution in [2.75, 3.05) is 13.2 Å². The van der Waals surface area contributed by atoms with Crippen molar-refractivity contribution in [3.8, 4) is 5.75 Å². The van der Waals surface area contributed by atoms with Gasteiger partial charge in [0.15, 0.2) is 0 Å². The Morgan fingerprint density at radius 2 is 2.17 bits per heavy atom. The van der Waals surface area contributed by atoms with Crippen molar-refractivity contribution in [1.82, 2.24) is 5.32 Å². The van der Waals surface area contributed by atoms with E-state index in [9.17, 15) is 13.6 Å². The summed E-state index contributed by atoms with van der Waals surface area (Å²) in [7, 11) is 0. The van der Waals surface area contributed by atoms with Crippen LogP contribution in [0.5, 0.6) is 5.75 Å². The van der Waals surface area contributed by atoms with E-state index in [2.05, 4.69) is 10.1 Å². The number of aliphatic hydroxyl groups excluding tert-OH is 2. The normalized spacial score (nSPS) is 12.3. The molecule has 0 aliphatic carbocycles. The first-order chi connectivity index (χ1) is 8.52. The zero-order chi connectivity index (χ0) is 13.5. The van der Waals surface area contributed by atoms with E-state index in [1.807, 2.05) is 0 Å². The molecule has 1 atom stereocenters. The molecule has 0 aromatic heterocycles. The van der Waals surface area contributed by atoms with Gasteiger partial charge >= 0.3 is 6.61 Å². The molecular formula is C11H13F2NO4. The number of benzene rings is 1. The number of rotatable bonds is 6. The van der Waals surface area contributed by atoms with Crippen LogP contribution in [-0.2, 0) is 0 Å². The lowest BCUT2D eigenvalue weighted by molar-refractivity contribution is -0.0498. The van der Waals surface area contributed by atoms with Gasteiger partial charge in [-0.15, -0.1) is 0 Å². The van der Waals surface area contributed by atoms with E-state index in [4.69, 9.17) is 10.2 Å². The summed E-state index contributed by atoms with van der Waals surface area (Å²) in [4.78, 5) is 11.6. The molecule has 18 heavy (non-hydrogen) atoms. The molecule has 1 unspecified atom stereocenters. The Labute approximate surface area is 102 Å². The monoisotopic (exact) mass is 261 g/mol. The summed E-state index contributed by atoms with van der Waals surface area (Å²) in [6, 6.07) is 5.27. The fraction of sp³-hybridized carbons (Fsp3) is 0.364. The molecule has 0 spiro atoms. The van der Waals surface area contributed by atoms with E-state index in [-0.39, 0.29) is 17.9 Å². The van der Waals surface area contributed by atoms with E-state index in [0.29, 0.717) is 0 Å². The average Bonchev–Trinajstić information content (AvgIpc) is 2.35. The van der Waals surface area contributed by atoms with Gasteiger partial charge in [-0.05, 0) is 18.2 Å². The molecule has 1 aromatic carbocycles. The Morgan fingerprint density at radius 1 is 1.44 bits per heavy atom. The molecule has 1 rings (SSSR count). The van der Waals surface area contributed by atoms with Crippen LogP contribution < -0.4 is 10.1 Å². The van der Waals surface area contributed by atoms with Crippen molar-refractivity contribution >= 4 is 5.91 Å². The molecule has 1 aromatic rings. The maximum absolute atomic E-state index is 12.0. The molecule has 1 amide bonds. The smallest absolute Gasteiger partial charge is 0.387 e. The lowest BCUT2D eigenvalue weighted by atomic mass is 10.2. The number of alkyl halides is 2. The third-order valence-electron chi connectivity index (χ3n) is 2.03. The molecule has 3 N–H and O–H groups in total. The van der Waals surface area contributed by atoms with Gasteiger partial charge in [-0.2, -0.15) is 8.78 Å². The van der Waals surface area contributed by atoms with Crippen LogP contribution in [0, 0.1) is 0 Å². The third-order valence-corrected chi connectivity index (χ3v) is 2.03. The SMILES string of the molecule is O=C(NCC(O)CO)c1cccc(OC(F)F)c1. The summed E-state index contributed by atoms with van der Waals surface area (Å²) < 4.78 is 28.1. The highest BCUT2D eigenvalue weighted by Crippen LogP contribution is 2.15. The molecule has 5 nitrogen and oxygen atoms in total. The van der Waals surface area contributed by atoms with Gasteiger partial charge < -0.3 is 20.3 Å². The minimum atomic E-state index is -2.96. The van der Waals surface area contributed by atoms with E-state index < -0.39 is 25.2 Å². The summed E-state index contributed by atoms with van der Waals surface area (Å²) in [5.41, 5.74) is 0.123. The molecular weight excluding hydrogens is 248 g/mol. The predicted molar refractivity (Wildman–Crippen MR) is 58.5 cm³/mol. The van der Waals surface area contributed by atoms with Gasteiger partial charge in [0, 0.05) is 12.1 Å². The zero-order valence-corrected chi connectivity index (χ0v) is 9.35. The quantitative estimate of drug-likeness (QED) is 0.691. The Hall–Kier alpha value is -1.73. The Bertz CT molecular complexity index is 400. The lowest BCUT2D eigenvalue weighted by Gasteiger charge is -2.10. The van der Waals surface area contributed by atoms with Crippen molar-refractivity contribution in [3.63, 3.8) is 0 Å². The van der Waals surface area contributed by atoms with E-state index >= 15 is 0 Å². The van der Waals surface area contributed by atoms with Crippen LogP contribution in [0.4, 0.5) is 8.78 Å². The Morgan fingerprint density at radius 3 is 2.78 bits per heavy atom. The number of halogens is 2. The largest absolute Gasteiger partial charge is 0.435 e. The second kappa shape index (κ2) is 6.87. The molecule has 0 bridgehead atoms. The van der Waals surface area contributed by atoms with Crippen molar-refractivity contribution < 1.29 is 28.5 Å². The molecule has 0 radical (unpaired) electrons. The average molecular weight is 261 g/mol. The van der Waals surface area contributed by atoms with Gasteiger partial charge in [-0.3, -0.25) is 4.79 Å². The predicted octanol–water partition coefficient (Wildman–Crippen LogP) is 0.371. The molecule has 0 heterocycles. The fourth-order valence-corrected chi connectivity index (χ4v) is 1.19. The molecule has 0 aliphatic heterocycles. The summed E-state index contributed by atoms with van der Waals surface area (Å²) in [5.74, 6) is -0.678. The van der Waals surface area contributed by atoms with Crippen LogP contribution in [-0.4, -0.2) is 42.0 Å². The van der Waals surface area contributed by atoms with Crippen LogP contribution in [0.15, 0.2) is 24.3 Å². The van der Waals surface area contributed by atoms with Gasteiger partial charge in [0.25, 0.3) is 5.91 Å². The number of ether oxygens (including phenoxy) is 1. The number of carbonyl (C=O) groups excluding carboxylic acids is 1. The first kappa shape index (κ1) is 14.3. The lowest BCUT2D eigenvalue weighted by Crippen LogP contribution is -2.33.